The van der Waals surface area contributed by atoms with Gasteiger partial charge in [-0.25, -0.2) is 4.79 Å². The number of carbonyl (C=O) groups is 2. The summed E-state index contributed by atoms with van der Waals surface area (Å²) in [4.78, 5) is 23.2. The third kappa shape index (κ3) is 2.44. The topological polar surface area (TPSA) is 106 Å². The van der Waals surface area contributed by atoms with Crippen molar-refractivity contribution in [1.29, 1.82) is 0 Å². The van der Waals surface area contributed by atoms with Gasteiger partial charge in [0.25, 0.3) is 5.91 Å². The molecule has 0 saturated carbocycles. The molecule has 0 saturated heterocycles. The minimum absolute atomic E-state index is 0.0111. The summed E-state index contributed by atoms with van der Waals surface area (Å²) in [5.41, 5.74) is 1.46. The van der Waals surface area contributed by atoms with E-state index in [4.69, 9.17) is 8.94 Å². The Bertz CT molecular complexity index is 862. The number of nitrogens with one attached hydrogen (secondary N) is 1. The highest BCUT2D eigenvalue weighted by molar-refractivity contribution is 5.96. The van der Waals surface area contributed by atoms with Gasteiger partial charge >= 0.3 is 5.97 Å². The standard InChI is InChI=1S/C15H12N2O5/c1-8-6-12(22-17-8)14(18)16-7-10-9-4-2-3-5-11(9)21-13(10)15(19)20/h2-6H,7H2,1H3,(H,16,18)(H,19,20). The number of benzene rings is 1. The Kier molecular flexibility index (Phi) is 3.38. The van der Waals surface area contributed by atoms with E-state index < -0.39 is 11.9 Å². The van der Waals surface area contributed by atoms with Crippen LogP contribution in [0.3, 0.4) is 0 Å². The molecule has 7 heteroatoms. The number of aromatic carboxylic acids is 1. The largest absolute Gasteiger partial charge is 0.475 e. The number of carboxylic acid groups (broad SMARTS) is 1. The number of carboxylic acids is 1. The van der Waals surface area contributed by atoms with Gasteiger partial charge in [-0.15, -0.1) is 0 Å². The van der Waals surface area contributed by atoms with Gasteiger partial charge < -0.3 is 19.4 Å². The smallest absolute Gasteiger partial charge is 0.372 e. The second-order valence-electron chi connectivity index (χ2n) is 4.73. The van der Waals surface area contributed by atoms with E-state index in [1.807, 2.05) is 0 Å². The van der Waals surface area contributed by atoms with Gasteiger partial charge in [-0.1, -0.05) is 23.4 Å². The highest BCUT2D eigenvalue weighted by atomic mass is 16.5. The number of rotatable bonds is 4. The zero-order valence-electron chi connectivity index (χ0n) is 11.6. The van der Waals surface area contributed by atoms with Gasteiger partial charge in [0, 0.05) is 23.6 Å². The van der Waals surface area contributed by atoms with Crippen molar-refractivity contribution in [3.05, 3.63) is 53.1 Å². The van der Waals surface area contributed by atoms with Crippen molar-refractivity contribution in [2.45, 2.75) is 13.5 Å². The number of hydrogen-bond donors (Lipinski definition) is 2. The van der Waals surface area contributed by atoms with Crippen LogP contribution in [0, 0.1) is 6.92 Å². The summed E-state index contributed by atoms with van der Waals surface area (Å²) < 4.78 is 10.2. The van der Waals surface area contributed by atoms with E-state index >= 15 is 0 Å². The summed E-state index contributed by atoms with van der Waals surface area (Å²) in [7, 11) is 0. The molecule has 0 spiro atoms. The number of fused-ring (bicyclic) bond motifs is 1. The van der Waals surface area contributed by atoms with Crippen LogP contribution in [-0.2, 0) is 6.54 Å². The molecular weight excluding hydrogens is 288 g/mol. The molecule has 1 amide bonds. The summed E-state index contributed by atoms with van der Waals surface area (Å²) in [6.45, 7) is 1.71. The Morgan fingerprint density at radius 2 is 2.09 bits per heavy atom. The van der Waals surface area contributed by atoms with E-state index in [-0.39, 0.29) is 18.1 Å². The SMILES string of the molecule is Cc1cc(C(=O)NCc2c(C(=O)O)oc3ccccc23)on1. The Balaban J connectivity index is 1.88. The number of amides is 1. The number of furan rings is 1. The van der Waals surface area contributed by atoms with E-state index in [1.165, 1.54) is 6.07 Å². The highest BCUT2D eigenvalue weighted by Gasteiger charge is 2.21. The van der Waals surface area contributed by atoms with Crippen LogP contribution < -0.4 is 5.32 Å². The molecule has 7 nitrogen and oxygen atoms in total. The molecule has 0 aliphatic rings. The molecule has 0 atom stereocenters. The predicted octanol–water partition coefficient (Wildman–Crippen LogP) is 2.36. The molecule has 0 fully saturated rings. The summed E-state index contributed by atoms with van der Waals surface area (Å²) in [6.07, 6.45) is 0. The van der Waals surface area contributed by atoms with Gasteiger partial charge in [-0.3, -0.25) is 4.79 Å². The fraction of sp³-hybridized carbons (Fsp3) is 0.133. The Labute approximate surface area is 124 Å². The first-order valence-electron chi connectivity index (χ1n) is 6.51. The Hall–Kier alpha value is -3.09. The number of aryl methyl sites for hydroxylation is 1. The first-order valence-corrected chi connectivity index (χ1v) is 6.51. The monoisotopic (exact) mass is 300 g/mol. The fourth-order valence-electron chi connectivity index (χ4n) is 2.17. The summed E-state index contributed by atoms with van der Waals surface area (Å²) in [5.74, 6) is -1.77. The van der Waals surface area contributed by atoms with Gasteiger partial charge in [0.05, 0.1) is 5.69 Å². The molecular formula is C15H12N2O5. The van der Waals surface area contributed by atoms with Crippen LogP contribution in [0.5, 0.6) is 0 Å². The zero-order valence-corrected chi connectivity index (χ0v) is 11.6. The lowest BCUT2D eigenvalue weighted by Gasteiger charge is -2.02. The lowest BCUT2D eigenvalue weighted by atomic mass is 10.1. The average Bonchev–Trinajstić information content (AvgIpc) is 3.08. The molecule has 0 aliphatic heterocycles. The van der Waals surface area contributed by atoms with E-state index in [2.05, 4.69) is 10.5 Å². The van der Waals surface area contributed by atoms with E-state index in [0.29, 0.717) is 22.2 Å². The molecule has 1 aromatic carbocycles. The number of nitrogens with zero attached hydrogens (tertiary/aromatic N) is 1. The minimum atomic E-state index is -1.18. The lowest BCUT2D eigenvalue weighted by molar-refractivity contribution is 0.0662. The van der Waals surface area contributed by atoms with Crippen LogP contribution in [0.4, 0.5) is 0 Å². The van der Waals surface area contributed by atoms with Crippen molar-refractivity contribution < 1.29 is 23.6 Å². The van der Waals surface area contributed by atoms with Crippen LogP contribution >= 0.6 is 0 Å². The zero-order chi connectivity index (χ0) is 15.7. The van der Waals surface area contributed by atoms with Crippen molar-refractivity contribution in [1.82, 2.24) is 10.5 Å². The molecule has 3 rings (SSSR count). The molecule has 0 unspecified atom stereocenters. The van der Waals surface area contributed by atoms with Crippen LogP contribution in [0.2, 0.25) is 0 Å². The number of para-hydroxylation sites is 1. The first kappa shape index (κ1) is 13.9. The second-order valence-corrected chi connectivity index (χ2v) is 4.73. The number of hydrogen-bond acceptors (Lipinski definition) is 5. The summed E-state index contributed by atoms with van der Waals surface area (Å²) >= 11 is 0. The lowest BCUT2D eigenvalue weighted by Crippen LogP contribution is -2.23. The molecule has 112 valence electrons. The second kappa shape index (κ2) is 5.36. The first-order chi connectivity index (χ1) is 10.6. The van der Waals surface area contributed by atoms with E-state index in [1.54, 1.807) is 31.2 Å². The third-order valence-corrected chi connectivity index (χ3v) is 3.17. The number of aromatic nitrogens is 1. The number of carbonyl (C=O) groups excluding carboxylic acids is 1. The average molecular weight is 300 g/mol. The summed E-state index contributed by atoms with van der Waals surface area (Å²) in [6, 6.07) is 8.44. The molecule has 0 radical (unpaired) electrons. The molecule has 22 heavy (non-hydrogen) atoms. The van der Waals surface area contributed by atoms with Crippen LogP contribution in [0.1, 0.15) is 32.4 Å². The minimum Gasteiger partial charge on any atom is -0.475 e. The quantitative estimate of drug-likeness (QED) is 0.766. The molecule has 0 bridgehead atoms. The van der Waals surface area contributed by atoms with Crippen molar-refractivity contribution in [3.63, 3.8) is 0 Å². The van der Waals surface area contributed by atoms with Crippen LogP contribution in [-0.4, -0.2) is 22.1 Å². The molecule has 3 aromatic rings. The van der Waals surface area contributed by atoms with Gasteiger partial charge in [0.2, 0.25) is 11.5 Å². The molecule has 2 aromatic heterocycles. The molecule has 2 heterocycles. The summed E-state index contributed by atoms with van der Waals surface area (Å²) in [5, 5.41) is 16.1. The Morgan fingerprint density at radius 3 is 2.77 bits per heavy atom. The maximum atomic E-state index is 11.9. The van der Waals surface area contributed by atoms with Gasteiger partial charge in [0.1, 0.15) is 5.58 Å². The Morgan fingerprint density at radius 1 is 1.32 bits per heavy atom. The normalized spacial score (nSPS) is 10.8. The fourth-order valence-corrected chi connectivity index (χ4v) is 2.17. The van der Waals surface area contributed by atoms with Crippen molar-refractivity contribution in [3.8, 4) is 0 Å². The molecule has 0 aliphatic carbocycles. The van der Waals surface area contributed by atoms with Crippen LogP contribution in [0.15, 0.2) is 39.3 Å². The van der Waals surface area contributed by atoms with Gasteiger partial charge in [-0.05, 0) is 13.0 Å². The maximum absolute atomic E-state index is 11.9. The van der Waals surface area contributed by atoms with E-state index in [0.717, 1.165) is 0 Å². The predicted molar refractivity (Wildman–Crippen MR) is 75.6 cm³/mol. The van der Waals surface area contributed by atoms with Gasteiger partial charge in [-0.2, -0.15) is 0 Å². The third-order valence-electron chi connectivity index (χ3n) is 3.17. The van der Waals surface area contributed by atoms with Crippen molar-refractivity contribution in [2.24, 2.45) is 0 Å². The molecule has 2 N–H and O–H groups in total. The van der Waals surface area contributed by atoms with Crippen molar-refractivity contribution >= 4 is 22.8 Å². The van der Waals surface area contributed by atoms with E-state index in [9.17, 15) is 14.7 Å². The van der Waals surface area contributed by atoms with Crippen molar-refractivity contribution in [2.75, 3.05) is 0 Å². The van der Waals surface area contributed by atoms with Gasteiger partial charge in [0.15, 0.2) is 0 Å². The highest BCUT2D eigenvalue weighted by Crippen LogP contribution is 2.25. The maximum Gasteiger partial charge on any atom is 0.372 e. The van der Waals surface area contributed by atoms with Crippen LogP contribution in [0.25, 0.3) is 11.0 Å².